The van der Waals surface area contributed by atoms with Crippen LogP contribution >= 0.6 is 34.8 Å². The molecule has 1 aliphatic carbocycles. The van der Waals surface area contributed by atoms with Crippen LogP contribution in [-0.2, 0) is 9.53 Å². The van der Waals surface area contributed by atoms with Crippen molar-refractivity contribution in [2.75, 3.05) is 5.43 Å². The van der Waals surface area contributed by atoms with Crippen molar-refractivity contribution in [1.29, 1.82) is 5.26 Å². The second-order valence-corrected chi connectivity index (χ2v) is 9.14. The Morgan fingerprint density at radius 3 is 2.40 bits per heavy atom. The maximum Gasteiger partial charge on any atom is 0.412 e. The zero-order valence-electron chi connectivity index (χ0n) is 18.7. The summed E-state index contributed by atoms with van der Waals surface area (Å²) in [5.41, 5.74) is 9.39. The van der Waals surface area contributed by atoms with Gasteiger partial charge in [-0.25, -0.2) is 15.0 Å². The van der Waals surface area contributed by atoms with E-state index in [1.165, 1.54) is 18.6 Å². The fraction of sp³-hybridized carbons (Fsp3) is 0.409. The zero-order chi connectivity index (χ0) is 25.6. The van der Waals surface area contributed by atoms with Gasteiger partial charge in [0.2, 0.25) is 11.4 Å². The molecule has 1 saturated carbocycles. The van der Waals surface area contributed by atoms with E-state index >= 15 is 0 Å². The molecular formula is C22H23Cl3N6O4. The summed E-state index contributed by atoms with van der Waals surface area (Å²) in [6.07, 6.45) is 4.15. The van der Waals surface area contributed by atoms with Gasteiger partial charge in [-0.3, -0.25) is 0 Å². The SMILES string of the molecule is CCC(C#N)(NNc1cc(Cl)c(Oc2cc(C3CCCCC3)c(Cl)nn2)c(Cl)c1)C(=O)OC(N)=O. The molecule has 4 N–H and O–H groups in total. The molecule has 0 aliphatic heterocycles. The quantitative estimate of drug-likeness (QED) is 0.224. The van der Waals surface area contributed by atoms with Gasteiger partial charge in [-0.05, 0) is 42.9 Å². The second-order valence-electron chi connectivity index (χ2n) is 7.96. The number of hydrogen-bond donors (Lipinski definition) is 3. The highest BCUT2D eigenvalue weighted by Gasteiger charge is 2.40. The first-order chi connectivity index (χ1) is 16.7. The Bertz CT molecular complexity index is 1130. The smallest absolute Gasteiger partial charge is 0.412 e. The molecular weight excluding hydrogens is 519 g/mol. The predicted octanol–water partition coefficient (Wildman–Crippen LogP) is 5.49. The summed E-state index contributed by atoms with van der Waals surface area (Å²) in [6.45, 7) is 1.55. The molecule has 0 bridgehead atoms. The highest BCUT2D eigenvalue weighted by Crippen LogP contribution is 2.40. The molecule has 1 heterocycles. The van der Waals surface area contributed by atoms with Crippen LogP contribution in [0, 0.1) is 11.3 Å². The number of nitriles is 1. The number of halogens is 3. The van der Waals surface area contributed by atoms with Crippen molar-refractivity contribution in [2.45, 2.75) is 56.9 Å². The molecule has 186 valence electrons. The van der Waals surface area contributed by atoms with Crippen molar-refractivity contribution in [2.24, 2.45) is 5.73 Å². The van der Waals surface area contributed by atoms with E-state index in [0.29, 0.717) is 10.8 Å². The summed E-state index contributed by atoms with van der Waals surface area (Å²) in [5.74, 6) is -0.533. The van der Waals surface area contributed by atoms with Gasteiger partial charge in [-0.15, -0.1) is 10.2 Å². The summed E-state index contributed by atoms with van der Waals surface area (Å²) in [7, 11) is 0. The van der Waals surface area contributed by atoms with Gasteiger partial charge in [0.1, 0.15) is 0 Å². The summed E-state index contributed by atoms with van der Waals surface area (Å²) in [6, 6.07) is 6.44. The lowest BCUT2D eigenvalue weighted by atomic mass is 9.85. The Hall–Kier alpha value is -2.84. The minimum absolute atomic E-state index is 0.0379. The van der Waals surface area contributed by atoms with Gasteiger partial charge in [0.05, 0.1) is 21.8 Å². The van der Waals surface area contributed by atoms with E-state index in [2.05, 4.69) is 25.8 Å². The fourth-order valence-electron chi connectivity index (χ4n) is 3.75. The molecule has 1 unspecified atom stereocenters. The monoisotopic (exact) mass is 540 g/mol. The van der Waals surface area contributed by atoms with Crippen LogP contribution in [0.5, 0.6) is 11.6 Å². The van der Waals surface area contributed by atoms with Gasteiger partial charge in [-0.1, -0.05) is 61.0 Å². The van der Waals surface area contributed by atoms with E-state index in [-0.39, 0.29) is 34.0 Å². The summed E-state index contributed by atoms with van der Waals surface area (Å²) in [5, 5.41) is 18.1. The first kappa shape index (κ1) is 26.8. The molecule has 3 rings (SSSR count). The molecule has 1 amide bonds. The zero-order valence-corrected chi connectivity index (χ0v) is 21.0. The van der Waals surface area contributed by atoms with E-state index in [1.807, 2.05) is 0 Å². The number of ether oxygens (including phenoxy) is 2. The van der Waals surface area contributed by atoms with Crippen LogP contribution < -0.4 is 21.3 Å². The first-order valence-electron chi connectivity index (χ1n) is 10.8. The molecule has 1 atom stereocenters. The molecule has 0 radical (unpaired) electrons. The predicted molar refractivity (Wildman–Crippen MR) is 130 cm³/mol. The van der Waals surface area contributed by atoms with E-state index in [9.17, 15) is 14.9 Å². The maximum absolute atomic E-state index is 12.2. The van der Waals surface area contributed by atoms with Gasteiger partial charge in [0.15, 0.2) is 10.9 Å². The van der Waals surface area contributed by atoms with Gasteiger partial charge >= 0.3 is 12.1 Å². The number of primary amides is 1. The Kier molecular flexibility index (Phi) is 8.97. The van der Waals surface area contributed by atoms with Gasteiger partial charge in [-0.2, -0.15) is 5.26 Å². The number of anilines is 1. The molecule has 35 heavy (non-hydrogen) atoms. The summed E-state index contributed by atoms with van der Waals surface area (Å²) < 4.78 is 10.2. The Morgan fingerprint density at radius 1 is 1.17 bits per heavy atom. The topological polar surface area (TPSA) is 152 Å². The third-order valence-electron chi connectivity index (χ3n) is 5.69. The molecule has 0 saturated heterocycles. The summed E-state index contributed by atoms with van der Waals surface area (Å²) in [4.78, 5) is 23.1. The van der Waals surface area contributed by atoms with Crippen molar-refractivity contribution < 1.29 is 19.1 Å². The van der Waals surface area contributed by atoms with E-state index in [0.717, 1.165) is 31.2 Å². The van der Waals surface area contributed by atoms with Crippen molar-refractivity contribution >= 4 is 52.6 Å². The normalized spacial score (nSPS) is 15.5. The number of rotatable bonds is 8. The van der Waals surface area contributed by atoms with Crippen LogP contribution in [0.3, 0.4) is 0 Å². The molecule has 13 heteroatoms. The number of hydrazine groups is 1. The number of esters is 1. The molecule has 1 aliphatic rings. The van der Waals surface area contributed by atoms with Gasteiger partial charge < -0.3 is 20.6 Å². The highest BCUT2D eigenvalue weighted by molar-refractivity contribution is 6.37. The number of carbonyl (C=O) groups is 2. The molecule has 0 spiro atoms. The third-order valence-corrected chi connectivity index (χ3v) is 6.54. The van der Waals surface area contributed by atoms with Crippen LogP contribution in [0.1, 0.15) is 56.9 Å². The Labute approximate surface area is 217 Å². The van der Waals surface area contributed by atoms with Crippen molar-refractivity contribution in [3.8, 4) is 17.7 Å². The number of nitrogens with zero attached hydrogens (tertiary/aromatic N) is 3. The molecule has 2 aromatic rings. The second kappa shape index (κ2) is 11.7. The number of hydrogen-bond acceptors (Lipinski definition) is 9. The number of nitrogens with one attached hydrogen (secondary N) is 2. The van der Waals surface area contributed by atoms with Crippen LogP contribution in [0.4, 0.5) is 10.5 Å². The minimum atomic E-state index is -1.89. The molecule has 1 fully saturated rings. The molecule has 10 nitrogen and oxygen atoms in total. The van der Waals surface area contributed by atoms with Gasteiger partial charge in [0.25, 0.3) is 0 Å². The van der Waals surface area contributed by atoms with Crippen LogP contribution in [0.2, 0.25) is 15.2 Å². The van der Waals surface area contributed by atoms with E-state index in [4.69, 9.17) is 45.3 Å². The van der Waals surface area contributed by atoms with Crippen LogP contribution in [-0.4, -0.2) is 27.8 Å². The summed E-state index contributed by atoms with van der Waals surface area (Å²) >= 11 is 19.1. The van der Waals surface area contributed by atoms with Crippen LogP contribution in [0.25, 0.3) is 0 Å². The highest BCUT2D eigenvalue weighted by atomic mass is 35.5. The van der Waals surface area contributed by atoms with Gasteiger partial charge in [0, 0.05) is 6.07 Å². The average molecular weight is 542 g/mol. The van der Waals surface area contributed by atoms with Crippen molar-refractivity contribution in [3.63, 3.8) is 0 Å². The van der Waals surface area contributed by atoms with E-state index < -0.39 is 17.6 Å². The number of amides is 1. The average Bonchev–Trinajstić information content (AvgIpc) is 2.83. The maximum atomic E-state index is 12.2. The number of aromatic nitrogens is 2. The lowest BCUT2D eigenvalue weighted by Gasteiger charge is -2.24. The lowest BCUT2D eigenvalue weighted by molar-refractivity contribution is -0.142. The third kappa shape index (κ3) is 6.44. The number of benzene rings is 1. The van der Waals surface area contributed by atoms with Crippen molar-refractivity contribution in [3.05, 3.63) is 39.0 Å². The fourth-order valence-corrected chi connectivity index (χ4v) is 4.56. The Balaban J connectivity index is 1.77. The largest absolute Gasteiger partial charge is 0.434 e. The first-order valence-corrected chi connectivity index (χ1v) is 12.0. The lowest BCUT2D eigenvalue weighted by Crippen LogP contribution is -2.54. The number of carbonyl (C=O) groups excluding carboxylic acids is 2. The standard InChI is InChI=1S/C22H23Cl3N6O4/c1-2-22(11-26,20(32)35-21(27)33)31-28-13-8-15(23)18(16(24)9-13)34-17-10-14(19(25)30-29-17)12-6-4-3-5-7-12/h8-10,12,28,31H,2-7H2,1H3,(H2,27,33). The van der Waals surface area contributed by atoms with Crippen LogP contribution in [0.15, 0.2) is 18.2 Å². The Morgan fingerprint density at radius 2 is 1.83 bits per heavy atom. The molecule has 1 aromatic heterocycles. The molecule has 1 aromatic carbocycles. The minimum Gasteiger partial charge on any atom is -0.434 e. The van der Waals surface area contributed by atoms with E-state index in [1.54, 1.807) is 19.1 Å². The van der Waals surface area contributed by atoms with Crippen molar-refractivity contribution in [1.82, 2.24) is 15.6 Å². The number of nitrogens with two attached hydrogens (primary N) is 1.